The number of carbonyl (C=O) groups is 1. The van der Waals surface area contributed by atoms with Crippen molar-refractivity contribution in [2.75, 3.05) is 18.8 Å². The van der Waals surface area contributed by atoms with Crippen molar-refractivity contribution in [1.82, 2.24) is 14.9 Å². The largest absolute Gasteiger partial charge is 0.342 e. The fourth-order valence-corrected chi connectivity index (χ4v) is 4.79. The zero-order valence-corrected chi connectivity index (χ0v) is 16.9. The van der Waals surface area contributed by atoms with Gasteiger partial charge in [0, 0.05) is 17.6 Å². The minimum absolute atomic E-state index is 0.0117. The lowest BCUT2D eigenvalue weighted by molar-refractivity contribution is -0.127. The van der Waals surface area contributed by atoms with Crippen molar-refractivity contribution in [3.8, 4) is 0 Å². The highest BCUT2D eigenvalue weighted by atomic mass is 79.9. The first-order valence-electron chi connectivity index (χ1n) is 7.88. The zero-order valence-electron chi connectivity index (χ0n) is 13.6. The van der Waals surface area contributed by atoms with Gasteiger partial charge in [0.25, 0.3) is 5.56 Å². The van der Waals surface area contributed by atoms with E-state index in [-0.39, 0.29) is 21.7 Å². The molecule has 1 amide bonds. The van der Waals surface area contributed by atoms with Gasteiger partial charge in [-0.25, -0.2) is 13.4 Å². The lowest BCUT2D eigenvalue weighted by Crippen LogP contribution is -2.29. The maximum absolute atomic E-state index is 12.6. The zero-order chi connectivity index (χ0) is 18.7. The van der Waals surface area contributed by atoms with Gasteiger partial charge in [0.05, 0.1) is 16.8 Å². The maximum Gasteiger partial charge on any atom is 0.270 e. The Bertz CT molecular complexity index is 968. The highest BCUT2D eigenvalue weighted by Gasteiger charge is 2.23. The summed E-state index contributed by atoms with van der Waals surface area (Å²) in [4.78, 5) is 32.1. The Labute approximate surface area is 163 Å². The molecular formula is C16H16BrN3O4S2. The number of amides is 1. The predicted molar refractivity (Wildman–Crippen MR) is 101 cm³/mol. The summed E-state index contributed by atoms with van der Waals surface area (Å²) in [5.41, 5.74) is -0.751. The Kier molecular flexibility index (Phi) is 5.83. The molecule has 1 aromatic carbocycles. The first-order chi connectivity index (χ1) is 12.4. The summed E-state index contributed by atoms with van der Waals surface area (Å²) in [6.45, 7) is 1.52. The molecule has 1 aliphatic rings. The van der Waals surface area contributed by atoms with E-state index in [0.717, 1.165) is 48.4 Å². The molecular weight excluding hydrogens is 442 g/mol. The van der Waals surface area contributed by atoms with E-state index in [1.807, 2.05) is 0 Å². The third-order valence-electron chi connectivity index (χ3n) is 3.95. The van der Waals surface area contributed by atoms with Crippen LogP contribution in [0.4, 0.5) is 0 Å². The summed E-state index contributed by atoms with van der Waals surface area (Å²) in [6.07, 6.45) is 3.06. The van der Waals surface area contributed by atoms with Gasteiger partial charge in [-0.2, -0.15) is 0 Å². The van der Waals surface area contributed by atoms with E-state index in [1.54, 1.807) is 17.0 Å². The second-order valence-electron chi connectivity index (χ2n) is 5.72. The molecule has 0 atom stereocenters. The van der Waals surface area contributed by atoms with Gasteiger partial charge in [-0.3, -0.25) is 9.59 Å². The van der Waals surface area contributed by atoms with Crippen LogP contribution in [0.1, 0.15) is 12.8 Å². The fourth-order valence-electron chi connectivity index (χ4n) is 2.56. The van der Waals surface area contributed by atoms with Crippen molar-refractivity contribution < 1.29 is 13.2 Å². The third-order valence-corrected chi connectivity index (χ3v) is 7.11. The first kappa shape index (κ1) is 19.1. The number of nitrogens with zero attached hydrogens (tertiary/aromatic N) is 2. The van der Waals surface area contributed by atoms with Crippen LogP contribution in [0.2, 0.25) is 0 Å². The molecule has 1 aliphatic heterocycles. The topological polar surface area (TPSA) is 100 Å². The number of H-pyrrole nitrogens is 1. The van der Waals surface area contributed by atoms with Crippen molar-refractivity contribution in [3.05, 3.63) is 45.3 Å². The molecule has 1 N–H and O–H groups in total. The van der Waals surface area contributed by atoms with Crippen molar-refractivity contribution in [1.29, 1.82) is 0 Å². The van der Waals surface area contributed by atoms with Crippen LogP contribution in [0, 0.1) is 0 Å². The monoisotopic (exact) mass is 457 g/mol. The van der Waals surface area contributed by atoms with Crippen LogP contribution in [-0.2, 0) is 14.6 Å². The van der Waals surface area contributed by atoms with Crippen LogP contribution < -0.4 is 5.56 Å². The molecule has 0 spiro atoms. The third kappa shape index (κ3) is 4.18. The average Bonchev–Trinajstić information content (AvgIpc) is 3.14. The van der Waals surface area contributed by atoms with E-state index in [2.05, 4.69) is 25.9 Å². The first-order valence-corrected chi connectivity index (χ1v) is 11.1. The number of likely N-dealkylation sites (tertiary alicyclic amines) is 1. The second kappa shape index (κ2) is 7.93. The average molecular weight is 458 g/mol. The van der Waals surface area contributed by atoms with Gasteiger partial charge < -0.3 is 9.88 Å². The number of halogens is 1. The van der Waals surface area contributed by atoms with Gasteiger partial charge in [0.2, 0.25) is 15.7 Å². The number of rotatable bonds is 5. The predicted octanol–water partition coefficient (Wildman–Crippen LogP) is 2.08. The molecule has 2 aromatic rings. The Hall–Kier alpha value is -1.65. The molecule has 1 aromatic heterocycles. The molecule has 0 bridgehead atoms. The molecule has 26 heavy (non-hydrogen) atoms. The molecule has 10 heteroatoms. The van der Waals surface area contributed by atoms with Gasteiger partial charge in [-0.05, 0) is 37.1 Å². The Morgan fingerprint density at radius 3 is 2.50 bits per heavy atom. The number of sulfone groups is 1. The number of aromatic nitrogens is 2. The van der Waals surface area contributed by atoms with Crippen molar-refractivity contribution >= 4 is 43.4 Å². The molecule has 1 fully saturated rings. The normalized spacial score (nSPS) is 14.6. The summed E-state index contributed by atoms with van der Waals surface area (Å²) in [5, 5.41) is 0.220. The lowest BCUT2D eigenvalue weighted by Gasteiger charge is -2.14. The van der Waals surface area contributed by atoms with Gasteiger partial charge in [-0.15, -0.1) is 0 Å². The molecule has 7 nitrogen and oxygen atoms in total. The van der Waals surface area contributed by atoms with Crippen LogP contribution >= 0.6 is 27.7 Å². The van der Waals surface area contributed by atoms with Crippen LogP contribution in [0.5, 0.6) is 0 Å². The molecule has 3 rings (SSSR count). The number of hydrogen-bond acceptors (Lipinski definition) is 6. The van der Waals surface area contributed by atoms with Crippen LogP contribution in [0.25, 0.3) is 0 Å². The molecule has 0 radical (unpaired) electrons. The van der Waals surface area contributed by atoms with Crippen molar-refractivity contribution in [2.45, 2.75) is 27.8 Å². The van der Waals surface area contributed by atoms with E-state index in [0.29, 0.717) is 0 Å². The van der Waals surface area contributed by atoms with E-state index < -0.39 is 20.3 Å². The fraction of sp³-hybridized carbons (Fsp3) is 0.312. The standard InChI is InChI=1S/C16H16BrN3O4S2/c17-11-3-5-12(6-4-11)26(23,24)13-9-18-16(19-15(13)22)25-10-14(21)20-7-1-2-8-20/h3-6,9H,1-2,7-8,10H2,(H,18,19,22). The Morgan fingerprint density at radius 1 is 1.23 bits per heavy atom. The highest BCUT2D eigenvalue weighted by molar-refractivity contribution is 9.10. The second-order valence-corrected chi connectivity index (χ2v) is 9.51. The molecule has 0 saturated carbocycles. The molecule has 0 unspecified atom stereocenters. The van der Waals surface area contributed by atoms with E-state index >= 15 is 0 Å². The SMILES string of the molecule is O=C(CSc1ncc(S(=O)(=O)c2ccc(Br)cc2)c(=O)[nH]1)N1CCCC1. The van der Waals surface area contributed by atoms with Crippen LogP contribution in [-0.4, -0.2) is 48.0 Å². The summed E-state index contributed by atoms with van der Waals surface area (Å²) in [7, 11) is -3.96. The van der Waals surface area contributed by atoms with Gasteiger partial charge in [-0.1, -0.05) is 27.7 Å². The number of carbonyl (C=O) groups excluding carboxylic acids is 1. The van der Waals surface area contributed by atoms with Crippen LogP contribution in [0.15, 0.2) is 54.7 Å². The van der Waals surface area contributed by atoms with Gasteiger partial charge in [0.15, 0.2) is 10.1 Å². The number of aromatic amines is 1. The number of benzene rings is 1. The van der Waals surface area contributed by atoms with Crippen LogP contribution in [0.3, 0.4) is 0 Å². The van der Waals surface area contributed by atoms with E-state index in [4.69, 9.17) is 0 Å². The smallest absolute Gasteiger partial charge is 0.270 e. The molecule has 2 heterocycles. The molecule has 1 saturated heterocycles. The highest BCUT2D eigenvalue weighted by Crippen LogP contribution is 2.21. The van der Waals surface area contributed by atoms with Crippen molar-refractivity contribution in [2.24, 2.45) is 0 Å². The summed E-state index contributed by atoms with van der Waals surface area (Å²) in [5.74, 6) is 0.142. The minimum atomic E-state index is -3.96. The molecule has 0 aliphatic carbocycles. The number of hydrogen-bond donors (Lipinski definition) is 1. The summed E-state index contributed by atoms with van der Waals surface area (Å²) in [6, 6.07) is 6.00. The van der Waals surface area contributed by atoms with E-state index in [1.165, 1.54) is 12.1 Å². The van der Waals surface area contributed by atoms with E-state index in [9.17, 15) is 18.0 Å². The lowest BCUT2D eigenvalue weighted by atomic mass is 10.4. The Morgan fingerprint density at radius 2 is 1.88 bits per heavy atom. The van der Waals surface area contributed by atoms with Crippen molar-refractivity contribution in [3.63, 3.8) is 0 Å². The van der Waals surface area contributed by atoms with Gasteiger partial charge >= 0.3 is 0 Å². The number of nitrogens with one attached hydrogen (secondary N) is 1. The molecule has 138 valence electrons. The minimum Gasteiger partial charge on any atom is -0.342 e. The summed E-state index contributed by atoms with van der Waals surface area (Å²) >= 11 is 4.32. The maximum atomic E-state index is 12.6. The quantitative estimate of drug-likeness (QED) is 0.544. The summed E-state index contributed by atoms with van der Waals surface area (Å²) < 4.78 is 25.9. The van der Waals surface area contributed by atoms with Gasteiger partial charge in [0.1, 0.15) is 0 Å². The Balaban J connectivity index is 1.76. The number of thioether (sulfide) groups is 1.